The summed E-state index contributed by atoms with van der Waals surface area (Å²) in [6.45, 7) is 0. The third kappa shape index (κ3) is 3.59. The summed E-state index contributed by atoms with van der Waals surface area (Å²) in [5, 5.41) is 9.43. The molecular formula is C10H10Br2O3. The number of hydrogen-bond acceptors (Lipinski definition) is 3. The molecule has 1 atom stereocenters. The van der Waals surface area contributed by atoms with Gasteiger partial charge < -0.3 is 9.84 Å². The van der Waals surface area contributed by atoms with Crippen molar-refractivity contribution in [3.8, 4) is 0 Å². The molecule has 0 radical (unpaired) electrons. The van der Waals surface area contributed by atoms with Crippen LogP contribution in [0.1, 0.15) is 5.56 Å². The lowest BCUT2D eigenvalue weighted by atomic mass is 10.1. The number of methoxy groups -OCH3 is 1. The Morgan fingerprint density at radius 2 is 2.13 bits per heavy atom. The molecule has 82 valence electrons. The Labute approximate surface area is 105 Å². The van der Waals surface area contributed by atoms with E-state index in [9.17, 15) is 9.90 Å². The molecule has 15 heavy (non-hydrogen) atoms. The molecule has 0 aromatic heterocycles. The minimum atomic E-state index is -1.11. The minimum absolute atomic E-state index is 0.249. The van der Waals surface area contributed by atoms with Crippen LogP contribution in [-0.2, 0) is 16.0 Å². The molecule has 0 aliphatic heterocycles. The molecule has 0 aliphatic rings. The van der Waals surface area contributed by atoms with Crippen molar-refractivity contribution in [3.05, 3.63) is 32.7 Å². The van der Waals surface area contributed by atoms with Crippen molar-refractivity contribution in [1.82, 2.24) is 0 Å². The topological polar surface area (TPSA) is 46.5 Å². The van der Waals surface area contributed by atoms with Gasteiger partial charge in [-0.25, -0.2) is 4.79 Å². The van der Waals surface area contributed by atoms with Crippen LogP contribution >= 0.6 is 31.9 Å². The van der Waals surface area contributed by atoms with Crippen LogP contribution in [0.25, 0.3) is 0 Å². The van der Waals surface area contributed by atoms with Crippen LogP contribution in [0.5, 0.6) is 0 Å². The summed E-state index contributed by atoms with van der Waals surface area (Å²) in [5.74, 6) is -0.617. The van der Waals surface area contributed by atoms with E-state index in [0.717, 1.165) is 14.5 Å². The van der Waals surface area contributed by atoms with Crippen LogP contribution in [0.4, 0.5) is 0 Å². The highest BCUT2D eigenvalue weighted by Crippen LogP contribution is 2.24. The maximum absolute atomic E-state index is 11.0. The normalized spacial score (nSPS) is 12.3. The lowest BCUT2D eigenvalue weighted by Gasteiger charge is -2.08. The van der Waals surface area contributed by atoms with Crippen LogP contribution < -0.4 is 0 Å². The fourth-order valence-corrected chi connectivity index (χ4v) is 1.78. The Balaban J connectivity index is 2.73. The second-order valence-electron chi connectivity index (χ2n) is 2.99. The smallest absolute Gasteiger partial charge is 0.335 e. The molecule has 0 saturated heterocycles. The minimum Gasteiger partial charge on any atom is -0.467 e. The number of aliphatic hydroxyl groups excluding tert-OH is 1. The van der Waals surface area contributed by atoms with Gasteiger partial charge in [-0.3, -0.25) is 0 Å². The number of aliphatic hydroxyl groups is 1. The molecule has 0 bridgehead atoms. The molecule has 0 saturated carbocycles. The summed E-state index contributed by atoms with van der Waals surface area (Å²) in [5.41, 5.74) is 0.864. The van der Waals surface area contributed by atoms with E-state index in [1.807, 2.05) is 18.2 Å². The SMILES string of the molecule is COC(=O)C(O)Cc1ccc(Br)c(Br)c1. The molecule has 1 aromatic carbocycles. The Morgan fingerprint density at radius 3 is 2.67 bits per heavy atom. The number of halogens is 2. The zero-order valence-corrected chi connectivity index (χ0v) is 11.2. The van der Waals surface area contributed by atoms with E-state index in [0.29, 0.717) is 0 Å². The van der Waals surface area contributed by atoms with Gasteiger partial charge in [0.1, 0.15) is 0 Å². The first-order valence-electron chi connectivity index (χ1n) is 4.24. The van der Waals surface area contributed by atoms with Crippen molar-refractivity contribution in [2.75, 3.05) is 7.11 Å². The van der Waals surface area contributed by atoms with Gasteiger partial charge in [-0.2, -0.15) is 0 Å². The molecule has 1 unspecified atom stereocenters. The Morgan fingerprint density at radius 1 is 1.47 bits per heavy atom. The molecule has 0 amide bonds. The number of rotatable bonds is 3. The monoisotopic (exact) mass is 336 g/mol. The summed E-state index contributed by atoms with van der Waals surface area (Å²) in [7, 11) is 1.25. The highest BCUT2D eigenvalue weighted by molar-refractivity contribution is 9.13. The lowest BCUT2D eigenvalue weighted by molar-refractivity contribution is -0.150. The van der Waals surface area contributed by atoms with E-state index in [-0.39, 0.29) is 6.42 Å². The van der Waals surface area contributed by atoms with Crippen molar-refractivity contribution in [2.45, 2.75) is 12.5 Å². The van der Waals surface area contributed by atoms with Gasteiger partial charge >= 0.3 is 5.97 Å². The molecule has 0 aliphatic carbocycles. The standard InChI is InChI=1S/C10H10Br2O3/c1-15-10(14)9(13)5-6-2-3-7(11)8(12)4-6/h2-4,9,13H,5H2,1H3. The Kier molecular flexibility index (Phi) is 4.76. The summed E-state index contributed by atoms with van der Waals surface area (Å²) in [6, 6.07) is 5.53. The van der Waals surface area contributed by atoms with Gasteiger partial charge in [-0.15, -0.1) is 0 Å². The maximum atomic E-state index is 11.0. The quantitative estimate of drug-likeness (QED) is 0.861. The largest absolute Gasteiger partial charge is 0.467 e. The van der Waals surface area contributed by atoms with Crippen molar-refractivity contribution < 1.29 is 14.6 Å². The van der Waals surface area contributed by atoms with E-state index in [1.165, 1.54) is 7.11 Å². The average Bonchev–Trinajstić information content (AvgIpc) is 2.22. The van der Waals surface area contributed by atoms with Crippen LogP contribution in [0.2, 0.25) is 0 Å². The van der Waals surface area contributed by atoms with Crippen molar-refractivity contribution in [1.29, 1.82) is 0 Å². The molecule has 1 aromatic rings. The average molecular weight is 338 g/mol. The van der Waals surface area contributed by atoms with Crippen molar-refractivity contribution in [2.24, 2.45) is 0 Å². The molecular weight excluding hydrogens is 328 g/mol. The highest BCUT2D eigenvalue weighted by atomic mass is 79.9. The van der Waals surface area contributed by atoms with Crippen LogP contribution in [0.3, 0.4) is 0 Å². The zero-order valence-electron chi connectivity index (χ0n) is 8.04. The van der Waals surface area contributed by atoms with E-state index in [4.69, 9.17) is 0 Å². The van der Waals surface area contributed by atoms with Gasteiger partial charge in [0.2, 0.25) is 0 Å². The van der Waals surface area contributed by atoms with Crippen molar-refractivity contribution in [3.63, 3.8) is 0 Å². The maximum Gasteiger partial charge on any atom is 0.335 e. The molecule has 1 rings (SSSR count). The number of esters is 1. The number of hydrogen-bond donors (Lipinski definition) is 1. The van der Waals surface area contributed by atoms with E-state index in [2.05, 4.69) is 36.6 Å². The van der Waals surface area contributed by atoms with Crippen LogP contribution in [-0.4, -0.2) is 24.3 Å². The lowest BCUT2D eigenvalue weighted by Crippen LogP contribution is -2.24. The van der Waals surface area contributed by atoms with Crippen LogP contribution in [0.15, 0.2) is 27.1 Å². The third-order valence-electron chi connectivity index (χ3n) is 1.89. The fraction of sp³-hybridized carbons (Fsp3) is 0.300. The second-order valence-corrected chi connectivity index (χ2v) is 4.70. The number of ether oxygens (including phenoxy) is 1. The van der Waals surface area contributed by atoms with E-state index in [1.54, 1.807) is 0 Å². The summed E-state index contributed by atoms with van der Waals surface area (Å²) < 4.78 is 6.24. The van der Waals surface area contributed by atoms with Gasteiger partial charge in [0, 0.05) is 15.4 Å². The van der Waals surface area contributed by atoms with E-state index < -0.39 is 12.1 Å². The number of carbonyl (C=O) groups excluding carboxylic acids is 1. The first-order chi connectivity index (χ1) is 7.04. The highest BCUT2D eigenvalue weighted by Gasteiger charge is 2.15. The molecule has 0 fully saturated rings. The molecule has 5 heteroatoms. The fourth-order valence-electron chi connectivity index (χ4n) is 1.11. The Bertz CT molecular complexity index is 366. The molecule has 3 nitrogen and oxygen atoms in total. The predicted molar refractivity (Wildman–Crippen MR) is 63.6 cm³/mol. The van der Waals surface area contributed by atoms with Gasteiger partial charge in [0.15, 0.2) is 6.10 Å². The molecule has 1 N–H and O–H groups in total. The third-order valence-corrected chi connectivity index (χ3v) is 3.77. The summed E-state index contributed by atoms with van der Waals surface area (Å²) >= 11 is 6.68. The first-order valence-corrected chi connectivity index (χ1v) is 5.83. The summed E-state index contributed by atoms with van der Waals surface area (Å²) in [6.07, 6.45) is -0.860. The molecule has 0 spiro atoms. The zero-order chi connectivity index (χ0) is 11.4. The van der Waals surface area contributed by atoms with Gasteiger partial charge in [-0.1, -0.05) is 6.07 Å². The van der Waals surface area contributed by atoms with E-state index >= 15 is 0 Å². The summed E-state index contributed by atoms with van der Waals surface area (Å²) in [4.78, 5) is 11.0. The number of benzene rings is 1. The Hall–Kier alpha value is -0.390. The second kappa shape index (κ2) is 5.63. The first kappa shape index (κ1) is 12.7. The van der Waals surface area contributed by atoms with Crippen molar-refractivity contribution >= 4 is 37.8 Å². The van der Waals surface area contributed by atoms with Gasteiger partial charge in [0.05, 0.1) is 7.11 Å². The van der Waals surface area contributed by atoms with Gasteiger partial charge in [0.25, 0.3) is 0 Å². The molecule has 0 heterocycles. The number of carbonyl (C=O) groups is 1. The van der Waals surface area contributed by atoms with Gasteiger partial charge in [-0.05, 0) is 49.6 Å². The predicted octanol–water partition coefficient (Wildman–Crippen LogP) is 2.29. The van der Waals surface area contributed by atoms with Crippen LogP contribution in [0, 0.1) is 0 Å².